The smallest absolute Gasteiger partial charge is 0.311 e. The molecule has 0 aliphatic heterocycles. The Balaban J connectivity index is 2.29. The number of amides is 1. The molecule has 1 aliphatic rings. The predicted octanol–water partition coefficient (Wildman–Crippen LogP) is 3.01. The summed E-state index contributed by atoms with van der Waals surface area (Å²) in [6.45, 7) is 2.55. The molecule has 1 aromatic rings. The van der Waals surface area contributed by atoms with E-state index in [0.29, 0.717) is 12.1 Å². The molecule has 0 unspecified atom stereocenters. The van der Waals surface area contributed by atoms with Crippen LogP contribution in [-0.4, -0.2) is 35.4 Å². The molecule has 0 aromatic heterocycles. The van der Waals surface area contributed by atoms with Crippen LogP contribution in [0, 0.1) is 10.1 Å². The Bertz CT molecular complexity index is 538. The molecule has 1 saturated carbocycles. The van der Waals surface area contributed by atoms with Crippen LogP contribution in [0.3, 0.4) is 0 Å². The lowest BCUT2D eigenvalue weighted by molar-refractivity contribution is -0.385. The van der Waals surface area contributed by atoms with Crippen molar-refractivity contribution in [1.82, 2.24) is 4.90 Å². The van der Waals surface area contributed by atoms with Gasteiger partial charge in [-0.15, -0.1) is 0 Å². The molecule has 1 fully saturated rings. The number of ether oxygens (including phenoxy) is 1. The van der Waals surface area contributed by atoms with E-state index < -0.39 is 4.92 Å². The van der Waals surface area contributed by atoms with Crippen molar-refractivity contribution < 1.29 is 14.5 Å². The third-order valence-electron chi connectivity index (χ3n) is 3.99. The third-order valence-corrected chi connectivity index (χ3v) is 3.99. The van der Waals surface area contributed by atoms with E-state index in [9.17, 15) is 14.9 Å². The van der Waals surface area contributed by atoms with E-state index >= 15 is 0 Å². The number of rotatable bonds is 5. The highest BCUT2D eigenvalue weighted by atomic mass is 16.6. The zero-order valence-corrected chi connectivity index (χ0v) is 12.4. The second-order valence-electron chi connectivity index (χ2n) is 5.17. The van der Waals surface area contributed by atoms with E-state index in [4.69, 9.17) is 4.74 Å². The van der Waals surface area contributed by atoms with Gasteiger partial charge in [0.15, 0.2) is 5.75 Å². The molecule has 0 radical (unpaired) electrons. The second-order valence-corrected chi connectivity index (χ2v) is 5.17. The van der Waals surface area contributed by atoms with Gasteiger partial charge in [0.25, 0.3) is 5.91 Å². The van der Waals surface area contributed by atoms with E-state index in [1.807, 2.05) is 11.8 Å². The highest BCUT2D eigenvalue weighted by Gasteiger charge is 2.27. The lowest BCUT2D eigenvalue weighted by atomic mass is 10.1. The second kappa shape index (κ2) is 6.56. The quantitative estimate of drug-likeness (QED) is 0.617. The molecule has 6 heteroatoms. The zero-order valence-electron chi connectivity index (χ0n) is 12.4. The molecule has 0 N–H and O–H groups in total. The maximum Gasteiger partial charge on any atom is 0.311 e. The first-order valence-electron chi connectivity index (χ1n) is 7.21. The van der Waals surface area contributed by atoms with Crippen LogP contribution in [0.15, 0.2) is 18.2 Å². The van der Waals surface area contributed by atoms with Crippen molar-refractivity contribution in [1.29, 1.82) is 0 Å². The summed E-state index contributed by atoms with van der Waals surface area (Å²) in [5, 5.41) is 11.1. The number of carbonyl (C=O) groups excluding carboxylic acids is 1. The molecule has 1 aromatic carbocycles. The normalized spacial score (nSPS) is 15.0. The fraction of sp³-hybridized carbons (Fsp3) is 0.533. The first-order valence-corrected chi connectivity index (χ1v) is 7.21. The molecule has 1 aliphatic carbocycles. The SMILES string of the molecule is CCN(C(=O)c1ccc(OC)c([N+](=O)[O-])c1)C1CCCC1. The molecule has 0 spiro atoms. The highest BCUT2D eigenvalue weighted by molar-refractivity contribution is 5.95. The van der Waals surface area contributed by atoms with E-state index in [1.54, 1.807) is 6.07 Å². The number of hydrogen-bond donors (Lipinski definition) is 0. The van der Waals surface area contributed by atoms with Crippen LogP contribution in [0.2, 0.25) is 0 Å². The van der Waals surface area contributed by atoms with Crippen molar-refractivity contribution in [2.24, 2.45) is 0 Å². The van der Waals surface area contributed by atoms with Gasteiger partial charge in [-0.1, -0.05) is 12.8 Å². The number of nitro groups is 1. The van der Waals surface area contributed by atoms with Gasteiger partial charge in [0.1, 0.15) is 0 Å². The number of methoxy groups -OCH3 is 1. The topological polar surface area (TPSA) is 72.7 Å². The van der Waals surface area contributed by atoms with Crippen LogP contribution < -0.4 is 4.74 Å². The maximum atomic E-state index is 12.6. The summed E-state index contributed by atoms with van der Waals surface area (Å²) in [4.78, 5) is 24.9. The van der Waals surface area contributed by atoms with Gasteiger partial charge in [0.2, 0.25) is 0 Å². The Hall–Kier alpha value is -2.11. The van der Waals surface area contributed by atoms with Gasteiger partial charge >= 0.3 is 5.69 Å². The Morgan fingerprint density at radius 1 is 1.43 bits per heavy atom. The molecular weight excluding hydrogens is 272 g/mol. The van der Waals surface area contributed by atoms with E-state index in [0.717, 1.165) is 25.7 Å². The van der Waals surface area contributed by atoms with Crippen LogP contribution in [0.4, 0.5) is 5.69 Å². The fourth-order valence-electron chi connectivity index (χ4n) is 2.92. The van der Waals surface area contributed by atoms with Crippen molar-refractivity contribution in [2.75, 3.05) is 13.7 Å². The van der Waals surface area contributed by atoms with E-state index in [-0.39, 0.29) is 23.4 Å². The van der Waals surface area contributed by atoms with Crippen molar-refractivity contribution >= 4 is 11.6 Å². The summed E-state index contributed by atoms with van der Waals surface area (Å²) in [5.41, 5.74) is 0.169. The molecule has 21 heavy (non-hydrogen) atoms. The zero-order chi connectivity index (χ0) is 15.4. The molecule has 0 heterocycles. The van der Waals surface area contributed by atoms with Crippen LogP contribution in [0.1, 0.15) is 43.0 Å². The van der Waals surface area contributed by atoms with Gasteiger partial charge in [-0.25, -0.2) is 0 Å². The third kappa shape index (κ3) is 3.15. The number of benzene rings is 1. The Morgan fingerprint density at radius 2 is 2.10 bits per heavy atom. The summed E-state index contributed by atoms with van der Waals surface area (Å²) in [5.74, 6) is 0.0237. The first-order chi connectivity index (χ1) is 10.1. The Labute approximate surface area is 123 Å². The van der Waals surface area contributed by atoms with Crippen molar-refractivity contribution in [2.45, 2.75) is 38.6 Å². The van der Waals surface area contributed by atoms with Crippen LogP contribution in [0.5, 0.6) is 5.75 Å². The fourth-order valence-corrected chi connectivity index (χ4v) is 2.92. The standard InChI is InChI=1S/C15H20N2O4/c1-3-16(12-6-4-5-7-12)15(18)11-8-9-14(21-2)13(10-11)17(19)20/h8-10,12H,3-7H2,1-2H3. The van der Waals surface area contributed by atoms with Gasteiger partial charge < -0.3 is 9.64 Å². The lowest BCUT2D eigenvalue weighted by Gasteiger charge is -2.27. The van der Waals surface area contributed by atoms with Crippen LogP contribution in [0.25, 0.3) is 0 Å². The summed E-state index contributed by atoms with van der Waals surface area (Å²) in [6, 6.07) is 4.63. The molecule has 0 saturated heterocycles. The molecule has 0 bridgehead atoms. The van der Waals surface area contributed by atoms with Crippen molar-refractivity contribution in [3.05, 3.63) is 33.9 Å². The van der Waals surface area contributed by atoms with Gasteiger partial charge in [-0.2, -0.15) is 0 Å². The van der Waals surface area contributed by atoms with E-state index in [1.165, 1.54) is 19.2 Å². The summed E-state index contributed by atoms with van der Waals surface area (Å²) >= 11 is 0. The minimum atomic E-state index is -0.526. The van der Waals surface area contributed by atoms with Crippen LogP contribution in [-0.2, 0) is 0 Å². The average Bonchev–Trinajstić information content (AvgIpc) is 3.01. The molecule has 2 rings (SSSR count). The average molecular weight is 292 g/mol. The molecule has 0 atom stereocenters. The van der Waals surface area contributed by atoms with E-state index in [2.05, 4.69) is 0 Å². The molecule has 1 amide bonds. The highest BCUT2D eigenvalue weighted by Crippen LogP contribution is 2.29. The number of hydrogen-bond acceptors (Lipinski definition) is 4. The van der Waals surface area contributed by atoms with Crippen molar-refractivity contribution in [3.8, 4) is 5.75 Å². The largest absolute Gasteiger partial charge is 0.490 e. The summed E-state index contributed by atoms with van der Waals surface area (Å²) in [7, 11) is 1.38. The number of nitrogens with zero attached hydrogens (tertiary/aromatic N) is 2. The van der Waals surface area contributed by atoms with Gasteiger partial charge in [-0.05, 0) is 31.9 Å². The van der Waals surface area contributed by atoms with Gasteiger partial charge in [-0.3, -0.25) is 14.9 Å². The van der Waals surface area contributed by atoms with Crippen LogP contribution >= 0.6 is 0 Å². The maximum absolute atomic E-state index is 12.6. The van der Waals surface area contributed by atoms with Gasteiger partial charge in [0.05, 0.1) is 12.0 Å². The first kappa shape index (κ1) is 15.3. The molecule has 114 valence electrons. The minimum Gasteiger partial charge on any atom is -0.490 e. The number of nitro benzene ring substituents is 1. The summed E-state index contributed by atoms with van der Waals surface area (Å²) in [6.07, 6.45) is 4.30. The lowest BCUT2D eigenvalue weighted by Crippen LogP contribution is -2.38. The number of carbonyl (C=O) groups is 1. The molecular formula is C15H20N2O4. The Kier molecular flexibility index (Phi) is 4.77. The van der Waals surface area contributed by atoms with Crippen molar-refractivity contribution in [3.63, 3.8) is 0 Å². The molecule has 6 nitrogen and oxygen atoms in total. The monoisotopic (exact) mass is 292 g/mol. The Morgan fingerprint density at radius 3 is 2.62 bits per heavy atom. The van der Waals surface area contributed by atoms with Gasteiger partial charge in [0, 0.05) is 24.2 Å². The minimum absolute atomic E-state index is 0.143. The summed E-state index contributed by atoms with van der Waals surface area (Å²) < 4.78 is 4.96. The predicted molar refractivity (Wildman–Crippen MR) is 78.6 cm³/mol.